The smallest absolute Gasteiger partial charge is 0.397 e. The van der Waals surface area contributed by atoms with Gasteiger partial charge in [-0.1, -0.05) is 79.7 Å². The average molecular weight is 507 g/mol. The number of aliphatic carboxylic acids is 1. The summed E-state index contributed by atoms with van der Waals surface area (Å²) in [6.45, 7) is 1.48. The number of halogens is 3. The van der Waals surface area contributed by atoms with E-state index in [1.807, 2.05) is 54.6 Å². The van der Waals surface area contributed by atoms with Crippen LogP contribution in [0.2, 0.25) is 0 Å². The number of hydrogen-bond acceptors (Lipinski definition) is 3. The van der Waals surface area contributed by atoms with E-state index in [9.17, 15) is 27.9 Å². The van der Waals surface area contributed by atoms with Crippen LogP contribution in [0, 0.1) is 11.8 Å². The topological polar surface area (TPSA) is 78.8 Å². The summed E-state index contributed by atoms with van der Waals surface area (Å²) in [5.74, 6) is -4.13. The quantitative estimate of drug-likeness (QED) is 0.411. The number of carbonyl (C=O) groups excluding carboxylic acids is 1. The summed E-state index contributed by atoms with van der Waals surface area (Å²) in [6, 6.07) is 22.3. The molecule has 3 atom stereocenters. The lowest BCUT2D eigenvalue weighted by Crippen LogP contribution is -2.42. The summed E-state index contributed by atoms with van der Waals surface area (Å²) in [4.78, 5) is 28.5. The van der Waals surface area contributed by atoms with Gasteiger partial charge in [-0.25, -0.2) is 4.79 Å². The first-order valence-electron chi connectivity index (χ1n) is 11.7. The summed E-state index contributed by atoms with van der Waals surface area (Å²) >= 11 is 0. The Kier molecular flexibility index (Phi) is 7.57. The Bertz CT molecular complexity index is 1320. The van der Waals surface area contributed by atoms with Gasteiger partial charge in [-0.15, -0.1) is 0 Å². The fraction of sp³-hybridized carbons (Fsp3) is 0.207. The highest BCUT2D eigenvalue weighted by Crippen LogP contribution is 2.36. The summed E-state index contributed by atoms with van der Waals surface area (Å²) in [5, 5.41) is 12.2. The molecule has 0 saturated carbocycles. The van der Waals surface area contributed by atoms with E-state index >= 15 is 0 Å². The van der Waals surface area contributed by atoms with Gasteiger partial charge in [0.25, 0.3) is 5.91 Å². The SMILES string of the molecule is CC1C=C(c2ccc(C(=O)N[C@@H](Cc3ccc(-c4ccccc4)cc3)C(=O)O)cc2)N=CC1C(F)(F)F. The predicted octanol–water partition coefficient (Wildman–Crippen LogP) is 6.02. The van der Waals surface area contributed by atoms with Crippen LogP contribution in [0.5, 0.6) is 0 Å². The zero-order valence-electron chi connectivity index (χ0n) is 19.9. The molecule has 8 heteroatoms. The number of alkyl halides is 3. The molecule has 3 aromatic carbocycles. The molecule has 0 spiro atoms. The monoisotopic (exact) mass is 506 g/mol. The van der Waals surface area contributed by atoms with Crippen molar-refractivity contribution in [3.63, 3.8) is 0 Å². The van der Waals surface area contributed by atoms with E-state index in [1.54, 1.807) is 12.1 Å². The second-order valence-corrected chi connectivity index (χ2v) is 8.97. The van der Waals surface area contributed by atoms with Crippen molar-refractivity contribution in [2.24, 2.45) is 16.8 Å². The molecule has 1 amide bonds. The van der Waals surface area contributed by atoms with Crippen LogP contribution in [-0.2, 0) is 11.2 Å². The third-order valence-corrected chi connectivity index (χ3v) is 6.29. The van der Waals surface area contributed by atoms with Gasteiger partial charge in [-0.05, 0) is 40.3 Å². The fourth-order valence-electron chi connectivity index (χ4n) is 4.18. The first-order valence-corrected chi connectivity index (χ1v) is 11.7. The number of rotatable bonds is 7. The van der Waals surface area contributed by atoms with Gasteiger partial charge in [-0.2, -0.15) is 13.2 Å². The molecule has 1 aliphatic rings. The van der Waals surface area contributed by atoms with E-state index in [4.69, 9.17) is 0 Å². The Morgan fingerprint density at radius 3 is 2.08 bits per heavy atom. The Labute approximate surface area is 212 Å². The number of nitrogens with one attached hydrogen (secondary N) is 1. The van der Waals surface area contributed by atoms with Crippen molar-refractivity contribution in [2.45, 2.75) is 25.6 Å². The molecule has 190 valence electrons. The minimum atomic E-state index is -4.36. The molecule has 0 fully saturated rings. The second-order valence-electron chi connectivity index (χ2n) is 8.97. The van der Waals surface area contributed by atoms with Crippen LogP contribution in [-0.4, -0.2) is 35.4 Å². The van der Waals surface area contributed by atoms with Crippen molar-refractivity contribution in [3.05, 3.63) is 102 Å². The van der Waals surface area contributed by atoms with Crippen LogP contribution >= 0.6 is 0 Å². The highest BCUT2D eigenvalue weighted by atomic mass is 19.4. The minimum Gasteiger partial charge on any atom is -0.480 e. The first kappa shape index (κ1) is 25.9. The number of aliphatic imine (C=N–C) groups is 1. The van der Waals surface area contributed by atoms with Gasteiger partial charge in [0, 0.05) is 18.2 Å². The van der Waals surface area contributed by atoms with E-state index in [-0.39, 0.29) is 12.0 Å². The fourth-order valence-corrected chi connectivity index (χ4v) is 4.18. The molecule has 0 radical (unpaired) electrons. The molecule has 3 aromatic rings. The molecular weight excluding hydrogens is 481 g/mol. The van der Waals surface area contributed by atoms with Crippen LogP contribution in [0.4, 0.5) is 13.2 Å². The van der Waals surface area contributed by atoms with Crippen molar-refractivity contribution in [1.29, 1.82) is 0 Å². The van der Waals surface area contributed by atoms with Gasteiger partial charge in [-0.3, -0.25) is 9.79 Å². The molecule has 0 bridgehead atoms. The summed E-state index contributed by atoms with van der Waals surface area (Å²) in [7, 11) is 0. The summed E-state index contributed by atoms with van der Waals surface area (Å²) < 4.78 is 39.1. The van der Waals surface area contributed by atoms with Crippen LogP contribution in [0.15, 0.2) is 89.9 Å². The molecule has 5 nitrogen and oxygen atoms in total. The molecule has 4 rings (SSSR count). The van der Waals surface area contributed by atoms with E-state index in [0.29, 0.717) is 11.3 Å². The highest BCUT2D eigenvalue weighted by Gasteiger charge is 2.42. The van der Waals surface area contributed by atoms with Crippen LogP contribution in [0.1, 0.15) is 28.4 Å². The third-order valence-electron chi connectivity index (χ3n) is 6.29. The van der Waals surface area contributed by atoms with E-state index in [1.165, 1.54) is 25.1 Å². The number of allylic oxidation sites excluding steroid dienone is 1. The number of hydrogen-bond donors (Lipinski definition) is 2. The molecule has 37 heavy (non-hydrogen) atoms. The van der Waals surface area contributed by atoms with Gasteiger partial charge < -0.3 is 10.4 Å². The summed E-state index contributed by atoms with van der Waals surface area (Å²) in [6.07, 6.45) is -1.90. The van der Waals surface area contributed by atoms with Crippen molar-refractivity contribution >= 4 is 23.8 Å². The molecule has 2 N–H and O–H groups in total. The lowest BCUT2D eigenvalue weighted by Gasteiger charge is -2.24. The average Bonchev–Trinajstić information content (AvgIpc) is 2.88. The van der Waals surface area contributed by atoms with Crippen molar-refractivity contribution < 1.29 is 27.9 Å². The largest absolute Gasteiger partial charge is 0.480 e. The van der Waals surface area contributed by atoms with Crippen LogP contribution in [0.3, 0.4) is 0 Å². The minimum absolute atomic E-state index is 0.105. The predicted molar refractivity (Wildman–Crippen MR) is 136 cm³/mol. The number of carboxylic acids is 1. The number of carbonyl (C=O) groups is 2. The van der Waals surface area contributed by atoms with E-state index in [0.717, 1.165) is 22.9 Å². The Morgan fingerprint density at radius 1 is 0.919 bits per heavy atom. The van der Waals surface area contributed by atoms with Crippen molar-refractivity contribution in [2.75, 3.05) is 0 Å². The number of nitrogens with zero attached hydrogens (tertiary/aromatic N) is 1. The highest BCUT2D eigenvalue weighted by molar-refractivity contribution is 5.97. The molecule has 2 unspecified atom stereocenters. The number of carboxylic acid groups (broad SMARTS) is 1. The standard InChI is InChI=1S/C29H25F3N2O3/c1-18-15-25(33-17-24(18)29(30,31)32)22-11-13-23(14-12-22)27(35)34-26(28(36)37)16-19-7-9-21(10-8-19)20-5-3-2-4-6-20/h2-15,17-18,24,26H,16H2,1H3,(H,34,35)(H,36,37)/t18?,24?,26-/m0/s1. The normalized spacial score (nSPS) is 18.1. The molecule has 0 aromatic heterocycles. The molecule has 0 aliphatic carbocycles. The van der Waals surface area contributed by atoms with E-state index in [2.05, 4.69) is 10.3 Å². The van der Waals surface area contributed by atoms with E-state index < -0.39 is 35.9 Å². The number of amides is 1. The zero-order chi connectivity index (χ0) is 26.6. The van der Waals surface area contributed by atoms with Crippen LogP contribution in [0.25, 0.3) is 16.8 Å². The van der Waals surface area contributed by atoms with Crippen molar-refractivity contribution in [3.8, 4) is 11.1 Å². The molecule has 1 aliphatic heterocycles. The Balaban J connectivity index is 1.41. The maximum Gasteiger partial charge on any atom is 0.397 e. The second kappa shape index (κ2) is 10.8. The molecule has 1 heterocycles. The van der Waals surface area contributed by atoms with Gasteiger partial charge >= 0.3 is 12.1 Å². The summed E-state index contributed by atoms with van der Waals surface area (Å²) in [5.41, 5.74) is 3.99. The molecular formula is C29H25F3N2O3. The van der Waals surface area contributed by atoms with Gasteiger partial charge in [0.1, 0.15) is 6.04 Å². The molecule has 0 saturated heterocycles. The lowest BCUT2D eigenvalue weighted by atomic mass is 9.90. The lowest BCUT2D eigenvalue weighted by molar-refractivity contribution is -0.161. The van der Waals surface area contributed by atoms with Gasteiger partial charge in [0.2, 0.25) is 0 Å². The zero-order valence-corrected chi connectivity index (χ0v) is 19.9. The first-order chi connectivity index (χ1) is 17.6. The van der Waals surface area contributed by atoms with Crippen LogP contribution < -0.4 is 5.32 Å². The van der Waals surface area contributed by atoms with Gasteiger partial charge in [0.05, 0.1) is 11.6 Å². The third kappa shape index (κ3) is 6.33. The maximum atomic E-state index is 13.0. The maximum absolute atomic E-state index is 13.0. The number of benzene rings is 3. The Hall–Kier alpha value is -4.20. The van der Waals surface area contributed by atoms with Crippen molar-refractivity contribution in [1.82, 2.24) is 5.32 Å². The Morgan fingerprint density at radius 2 is 1.51 bits per heavy atom. The van der Waals surface area contributed by atoms with Gasteiger partial charge in [0.15, 0.2) is 0 Å².